The van der Waals surface area contributed by atoms with Crippen LogP contribution in [0.3, 0.4) is 0 Å². The van der Waals surface area contributed by atoms with Crippen molar-refractivity contribution in [3.63, 3.8) is 0 Å². The number of nitrogens with zero attached hydrogens (tertiary/aromatic N) is 2. The summed E-state index contributed by atoms with van der Waals surface area (Å²) in [7, 11) is 0. The Balaban J connectivity index is 1.53. The second-order valence-electron chi connectivity index (χ2n) is 9.40. The first-order valence-electron chi connectivity index (χ1n) is 11.5. The highest BCUT2D eigenvalue weighted by molar-refractivity contribution is 5.97. The molecule has 35 heavy (non-hydrogen) atoms. The van der Waals surface area contributed by atoms with Gasteiger partial charge in [0.2, 0.25) is 12.7 Å². The van der Waals surface area contributed by atoms with Crippen LogP contribution >= 0.6 is 0 Å². The first-order chi connectivity index (χ1) is 16.8. The molecule has 10 nitrogen and oxygen atoms in total. The Hall–Kier alpha value is -3.92. The zero-order chi connectivity index (χ0) is 24.2. The summed E-state index contributed by atoms with van der Waals surface area (Å²) >= 11 is 0. The van der Waals surface area contributed by atoms with Crippen molar-refractivity contribution in [2.24, 2.45) is 0 Å². The van der Waals surface area contributed by atoms with Crippen LogP contribution < -0.4 is 20.3 Å². The molecule has 2 atom stereocenters. The highest BCUT2D eigenvalue weighted by Crippen LogP contribution is 2.51. The van der Waals surface area contributed by atoms with E-state index in [2.05, 4.69) is 5.32 Å². The predicted octanol–water partition coefficient (Wildman–Crippen LogP) is 1.54. The molecule has 1 amide bonds. The Morgan fingerprint density at radius 3 is 2.83 bits per heavy atom. The van der Waals surface area contributed by atoms with Gasteiger partial charge in [0.1, 0.15) is 6.61 Å². The number of rotatable bonds is 2. The van der Waals surface area contributed by atoms with Gasteiger partial charge in [0.25, 0.3) is 5.56 Å². The van der Waals surface area contributed by atoms with Crippen molar-refractivity contribution in [3.8, 4) is 22.9 Å². The topological polar surface area (TPSA) is 129 Å². The van der Waals surface area contributed by atoms with Gasteiger partial charge in [0.05, 0.1) is 35.1 Å². The molecule has 0 fully saturated rings. The lowest BCUT2D eigenvalue weighted by Crippen LogP contribution is -2.44. The molecule has 5 heterocycles. The van der Waals surface area contributed by atoms with Gasteiger partial charge in [-0.25, -0.2) is 9.78 Å². The Morgan fingerprint density at radius 1 is 1.23 bits per heavy atom. The molecule has 0 saturated carbocycles. The third-order valence-corrected chi connectivity index (χ3v) is 7.59. The highest BCUT2D eigenvalue weighted by Gasteiger charge is 2.46. The van der Waals surface area contributed by atoms with Gasteiger partial charge in [-0.05, 0) is 18.1 Å². The van der Waals surface area contributed by atoms with Crippen LogP contribution in [0, 0.1) is 0 Å². The molecular weight excluding hydrogens is 454 g/mol. The predicted molar refractivity (Wildman–Crippen MR) is 121 cm³/mol. The van der Waals surface area contributed by atoms with E-state index >= 15 is 0 Å². The fraction of sp³-hybridized carbons (Fsp3) is 0.360. The summed E-state index contributed by atoms with van der Waals surface area (Å²) in [5, 5.41) is 15.1. The summed E-state index contributed by atoms with van der Waals surface area (Å²) in [5.41, 5.74) is 2.78. The van der Waals surface area contributed by atoms with E-state index in [-0.39, 0.29) is 55.0 Å². The first-order valence-corrected chi connectivity index (χ1v) is 11.5. The van der Waals surface area contributed by atoms with Gasteiger partial charge in [-0.15, -0.1) is 0 Å². The average molecular weight is 475 g/mol. The number of fused-ring (bicyclic) bond motifs is 7. The number of nitrogens with one attached hydrogen (secondary N) is 1. The van der Waals surface area contributed by atoms with Gasteiger partial charge in [-0.1, -0.05) is 6.92 Å². The molecule has 3 aliphatic heterocycles. The number of carbonyl (C=O) groups excluding carboxylic acids is 2. The molecule has 2 aromatic heterocycles. The third-order valence-electron chi connectivity index (χ3n) is 7.59. The summed E-state index contributed by atoms with van der Waals surface area (Å²) in [4.78, 5) is 43.0. The lowest BCUT2D eigenvalue weighted by molar-refractivity contribution is -0.172. The minimum absolute atomic E-state index is 0.0718. The smallest absolute Gasteiger partial charge is 0.343 e. The van der Waals surface area contributed by atoms with Crippen molar-refractivity contribution < 1.29 is 28.9 Å². The number of hydrogen-bond acceptors (Lipinski definition) is 8. The van der Waals surface area contributed by atoms with Crippen molar-refractivity contribution in [2.45, 2.75) is 51.5 Å². The second-order valence-corrected chi connectivity index (χ2v) is 9.40. The van der Waals surface area contributed by atoms with E-state index < -0.39 is 11.6 Å². The van der Waals surface area contributed by atoms with Crippen LogP contribution in [0.25, 0.3) is 22.3 Å². The van der Waals surface area contributed by atoms with E-state index in [0.29, 0.717) is 34.8 Å². The number of cyclic esters (lactones) is 1. The molecule has 0 saturated heterocycles. The number of aromatic nitrogens is 2. The summed E-state index contributed by atoms with van der Waals surface area (Å²) in [5.74, 6) is 0.337. The average Bonchev–Trinajstić information content (AvgIpc) is 3.53. The molecule has 0 unspecified atom stereocenters. The van der Waals surface area contributed by atoms with Gasteiger partial charge in [-0.2, -0.15) is 0 Å². The summed E-state index contributed by atoms with van der Waals surface area (Å²) in [6.07, 6.45) is 0.595. The van der Waals surface area contributed by atoms with Gasteiger partial charge in [0, 0.05) is 41.5 Å². The maximum Gasteiger partial charge on any atom is 0.343 e. The van der Waals surface area contributed by atoms with E-state index in [1.54, 1.807) is 17.6 Å². The fourth-order valence-electron chi connectivity index (χ4n) is 5.99. The first kappa shape index (κ1) is 20.5. The Labute approximate surface area is 198 Å². The molecule has 0 spiro atoms. The molecule has 7 rings (SSSR count). The number of benzene rings is 1. The molecule has 3 aromatic rings. The molecule has 10 heteroatoms. The highest BCUT2D eigenvalue weighted by atomic mass is 16.7. The minimum Gasteiger partial charge on any atom is -0.458 e. The van der Waals surface area contributed by atoms with Crippen LogP contribution in [-0.2, 0) is 39.5 Å². The lowest BCUT2D eigenvalue weighted by atomic mass is 9.86. The minimum atomic E-state index is -1.89. The van der Waals surface area contributed by atoms with E-state index in [0.717, 1.165) is 22.1 Å². The summed E-state index contributed by atoms with van der Waals surface area (Å²) < 4.78 is 18.1. The van der Waals surface area contributed by atoms with E-state index in [1.807, 2.05) is 6.07 Å². The van der Waals surface area contributed by atoms with E-state index in [9.17, 15) is 19.5 Å². The summed E-state index contributed by atoms with van der Waals surface area (Å²) in [6.45, 7) is 3.34. The Kier molecular flexibility index (Phi) is 3.86. The van der Waals surface area contributed by atoms with Crippen molar-refractivity contribution >= 4 is 22.8 Å². The van der Waals surface area contributed by atoms with Crippen LogP contribution in [0.15, 0.2) is 16.9 Å². The fourth-order valence-corrected chi connectivity index (χ4v) is 5.99. The normalized spacial score (nSPS) is 22.6. The van der Waals surface area contributed by atoms with Crippen LogP contribution in [0.2, 0.25) is 0 Å². The number of amides is 1. The van der Waals surface area contributed by atoms with Crippen LogP contribution in [0.5, 0.6) is 11.5 Å². The molecule has 178 valence electrons. The monoisotopic (exact) mass is 475 g/mol. The van der Waals surface area contributed by atoms with Crippen molar-refractivity contribution in [1.29, 1.82) is 0 Å². The number of carbonyl (C=O) groups is 2. The summed E-state index contributed by atoms with van der Waals surface area (Å²) in [6, 6.07) is 3.20. The van der Waals surface area contributed by atoms with E-state index in [4.69, 9.17) is 19.2 Å². The largest absolute Gasteiger partial charge is 0.458 e. The Morgan fingerprint density at radius 2 is 2.06 bits per heavy atom. The molecule has 1 aromatic carbocycles. The zero-order valence-corrected chi connectivity index (χ0v) is 19.1. The van der Waals surface area contributed by atoms with Gasteiger partial charge >= 0.3 is 5.97 Å². The van der Waals surface area contributed by atoms with Crippen molar-refractivity contribution in [1.82, 2.24) is 14.9 Å². The molecule has 1 aliphatic carbocycles. The van der Waals surface area contributed by atoms with Gasteiger partial charge in [-0.3, -0.25) is 9.59 Å². The number of hydrogen-bond donors (Lipinski definition) is 2. The maximum atomic E-state index is 13.5. The molecule has 0 bridgehead atoms. The number of esters is 1. The molecular formula is C25H21N3O7. The Bertz CT molecular complexity index is 1590. The number of ether oxygens (including phenoxy) is 3. The second kappa shape index (κ2) is 6.60. The van der Waals surface area contributed by atoms with Crippen LogP contribution in [-0.4, -0.2) is 33.3 Å². The molecule has 4 aliphatic rings. The van der Waals surface area contributed by atoms with Crippen molar-refractivity contribution in [2.75, 3.05) is 6.79 Å². The number of aliphatic hydroxyl groups is 1. The van der Waals surface area contributed by atoms with Crippen LogP contribution in [0.1, 0.15) is 54.1 Å². The third kappa shape index (κ3) is 2.47. The number of pyridine rings is 2. The molecule has 0 radical (unpaired) electrons. The standard InChI is InChI=1S/C25H21N3O7/c1-3-25(32)14-5-17-21-12(7-28(17)23(30)13(14)8-33-24(25)31)20-15(26-10(2)29)4-11-19(20)16(27-21)6-18-22(11)35-9-34-18/h5-6,15,32H,3-4,7-9H2,1-2H3,(H,26,29)/t15-,25-/m0/s1. The molecule has 2 N–H and O–H groups in total. The van der Waals surface area contributed by atoms with Gasteiger partial charge in [0.15, 0.2) is 17.1 Å². The zero-order valence-electron chi connectivity index (χ0n) is 19.1. The van der Waals surface area contributed by atoms with Crippen LogP contribution in [0.4, 0.5) is 0 Å². The van der Waals surface area contributed by atoms with E-state index in [1.165, 1.54) is 6.92 Å². The van der Waals surface area contributed by atoms with Gasteiger partial charge < -0.3 is 29.2 Å². The quantitative estimate of drug-likeness (QED) is 0.418. The maximum absolute atomic E-state index is 13.5. The van der Waals surface area contributed by atoms with Crippen molar-refractivity contribution in [3.05, 3.63) is 50.3 Å². The SMILES string of the molecule is CC[C@@]1(O)C(=O)OCc2c1cc1n(c2=O)Cc2c-1nc1cc3c(c4c1c2[C@@H](NC(C)=O)C4)OCO3. The lowest BCUT2D eigenvalue weighted by Gasteiger charge is -2.31.